The molecule has 2 aromatic rings. The lowest BCUT2D eigenvalue weighted by Gasteiger charge is -2.09. The molecular formula is C18H20O5. The average molecular weight is 316 g/mol. The van der Waals surface area contributed by atoms with E-state index in [2.05, 4.69) is 4.74 Å². The Kier molecular flexibility index (Phi) is 6.29. The van der Waals surface area contributed by atoms with Crippen LogP contribution in [0.2, 0.25) is 0 Å². The molecule has 0 atom stereocenters. The van der Waals surface area contributed by atoms with E-state index in [9.17, 15) is 4.79 Å². The third-order valence-electron chi connectivity index (χ3n) is 3.03. The van der Waals surface area contributed by atoms with Gasteiger partial charge in [-0.1, -0.05) is 0 Å². The summed E-state index contributed by atoms with van der Waals surface area (Å²) < 4.78 is 21.1. The molecule has 0 radical (unpaired) electrons. The molecule has 0 N–H and O–H groups in total. The van der Waals surface area contributed by atoms with Gasteiger partial charge in [0.25, 0.3) is 0 Å². The maximum atomic E-state index is 11.3. The minimum Gasteiger partial charge on any atom is -0.494 e. The average Bonchev–Trinajstić information content (AvgIpc) is 2.60. The summed E-state index contributed by atoms with van der Waals surface area (Å²) in [7, 11) is 1.35. The van der Waals surface area contributed by atoms with E-state index in [1.54, 1.807) is 24.3 Å². The largest absolute Gasteiger partial charge is 0.494 e. The Morgan fingerprint density at radius 2 is 1.22 bits per heavy atom. The monoisotopic (exact) mass is 316 g/mol. The number of esters is 1. The summed E-state index contributed by atoms with van der Waals surface area (Å²) in [6, 6.07) is 14.2. The first-order valence-electron chi connectivity index (χ1n) is 7.39. The molecule has 0 aromatic heterocycles. The molecule has 0 aliphatic rings. The lowest BCUT2D eigenvalue weighted by Crippen LogP contribution is -2.09. The van der Waals surface area contributed by atoms with Gasteiger partial charge < -0.3 is 18.9 Å². The van der Waals surface area contributed by atoms with Crippen LogP contribution in [0.4, 0.5) is 0 Å². The molecule has 5 nitrogen and oxygen atoms in total. The Labute approximate surface area is 135 Å². The van der Waals surface area contributed by atoms with Crippen molar-refractivity contribution in [1.82, 2.24) is 0 Å². The zero-order valence-corrected chi connectivity index (χ0v) is 13.3. The van der Waals surface area contributed by atoms with Crippen molar-refractivity contribution in [3.05, 3.63) is 54.1 Å². The van der Waals surface area contributed by atoms with Gasteiger partial charge in [0.1, 0.15) is 30.5 Å². The molecule has 0 aliphatic heterocycles. The fourth-order valence-corrected chi connectivity index (χ4v) is 1.92. The van der Waals surface area contributed by atoms with Gasteiger partial charge in [-0.15, -0.1) is 0 Å². The van der Waals surface area contributed by atoms with Gasteiger partial charge in [-0.05, 0) is 55.5 Å². The molecule has 0 fully saturated rings. The number of methoxy groups -OCH3 is 1. The zero-order chi connectivity index (χ0) is 16.5. The van der Waals surface area contributed by atoms with Crippen LogP contribution >= 0.6 is 0 Å². The molecule has 2 rings (SSSR count). The van der Waals surface area contributed by atoms with Crippen LogP contribution in [-0.2, 0) is 4.74 Å². The number of ether oxygens (including phenoxy) is 4. The van der Waals surface area contributed by atoms with E-state index in [4.69, 9.17) is 14.2 Å². The second kappa shape index (κ2) is 8.68. The standard InChI is InChI=1S/C18H20O5/c1-3-21-15-8-10-17(11-9-15)23-13-12-22-16-6-4-14(5-7-16)18(19)20-2/h4-11H,3,12-13H2,1-2H3. The Balaban J connectivity index is 1.73. The molecule has 23 heavy (non-hydrogen) atoms. The minimum absolute atomic E-state index is 0.365. The highest BCUT2D eigenvalue weighted by molar-refractivity contribution is 5.89. The molecule has 0 aliphatic carbocycles. The second-order valence-corrected chi connectivity index (χ2v) is 4.62. The minimum atomic E-state index is -0.365. The smallest absolute Gasteiger partial charge is 0.337 e. The SMILES string of the molecule is CCOc1ccc(OCCOc2ccc(C(=O)OC)cc2)cc1. The fourth-order valence-electron chi connectivity index (χ4n) is 1.92. The predicted molar refractivity (Wildman–Crippen MR) is 86.4 cm³/mol. The molecule has 0 spiro atoms. The Morgan fingerprint density at radius 3 is 1.65 bits per heavy atom. The van der Waals surface area contributed by atoms with Crippen LogP contribution in [0.5, 0.6) is 17.2 Å². The molecule has 5 heteroatoms. The number of carbonyl (C=O) groups is 1. The van der Waals surface area contributed by atoms with Crippen molar-refractivity contribution in [2.24, 2.45) is 0 Å². The topological polar surface area (TPSA) is 54.0 Å². The third-order valence-corrected chi connectivity index (χ3v) is 3.03. The fraction of sp³-hybridized carbons (Fsp3) is 0.278. The Hall–Kier alpha value is -2.69. The number of rotatable bonds is 8. The molecule has 0 amide bonds. The van der Waals surface area contributed by atoms with Crippen molar-refractivity contribution in [3.8, 4) is 17.2 Å². The molecular weight excluding hydrogens is 296 g/mol. The van der Waals surface area contributed by atoms with Gasteiger partial charge in [0.2, 0.25) is 0 Å². The molecule has 2 aromatic carbocycles. The van der Waals surface area contributed by atoms with Crippen molar-refractivity contribution < 1.29 is 23.7 Å². The van der Waals surface area contributed by atoms with Crippen molar-refractivity contribution in [2.45, 2.75) is 6.92 Å². The molecule has 0 unspecified atom stereocenters. The molecule has 122 valence electrons. The highest BCUT2D eigenvalue weighted by Crippen LogP contribution is 2.17. The van der Waals surface area contributed by atoms with Crippen LogP contribution < -0.4 is 14.2 Å². The third kappa shape index (κ3) is 5.21. The molecule has 0 saturated carbocycles. The number of benzene rings is 2. The summed E-state index contributed by atoms with van der Waals surface area (Å²) in [6.07, 6.45) is 0. The van der Waals surface area contributed by atoms with Gasteiger partial charge in [-0.25, -0.2) is 4.79 Å². The number of hydrogen-bond acceptors (Lipinski definition) is 5. The van der Waals surface area contributed by atoms with Crippen LogP contribution in [0.1, 0.15) is 17.3 Å². The van der Waals surface area contributed by atoms with E-state index < -0.39 is 0 Å². The van der Waals surface area contributed by atoms with Gasteiger partial charge in [0.05, 0.1) is 19.3 Å². The summed E-state index contributed by atoms with van der Waals surface area (Å²) in [5.41, 5.74) is 0.491. The van der Waals surface area contributed by atoms with Crippen LogP contribution in [0.25, 0.3) is 0 Å². The Morgan fingerprint density at radius 1 is 0.783 bits per heavy atom. The Bertz CT molecular complexity index is 604. The van der Waals surface area contributed by atoms with Crippen LogP contribution in [0.15, 0.2) is 48.5 Å². The van der Waals surface area contributed by atoms with Crippen LogP contribution in [0.3, 0.4) is 0 Å². The lowest BCUT2D eigenvalue weighted by atomic mass is 10.2. The van der Waals surface area contributed by atoms with E-state index in [1.807, 2.05) is 31.2 Å². The summed E-state index contributed by atoms with van der Waals surface area (Å²) in [5.74, 6) is 1.89. The van der Waals surface area contributed by atoms with E-state index in [0.717, 1.165) is 11.5 Å². The highest BCUT2D eigenvalue weighted by Gasteiger charge is 2.04. The summed E-state index contributed by atoms with van der Waals surface area (Å²) in [6.45, 7) is 3.42. The van der Waals surface area contributed by atoms with Gasteiger partial charge in [-0.3, -0.25) is 0 Å². The molecule has 0 bridgehead atoms. The first kappa shape index (κ1) is 16.7. The molecule has 0 saturated heterocycles. The first-order valence-corrected chi connectivity index (χ1v) is 7.39. The van der Waals surface area contributed by atoms with Gasteiger partial charge in [-0.2, -0.15) is 0 Å². The highest BCUT2D eigenvalue weighted by atomic mass is 16.5. The van der Waals surface area contributed by atoms with E-state index in [0.29, 0.717) is 31.1 Å². The number of hydrogen-bond donors (Lipinski definition) is 0. The normalized spacial score (nSPS) is 10.0. The van der Waals surface area contributed by atoms with Gasteiger partial charge >= 0.3 is 5.97 Å². The predicted octanol–water partition coefficient (Wildman–Crippen LogP) is 3.33. The first-order chi connectivity index (χ1) is 11.2. The van der Waals surface area contributed by atoms with Crippen LogP contribution in [-0.4, -0.2) is 32.9 Å². The van der Waals surface area contributed by atoms with Crippen molar-refractivity contribution in [3.63, 3.8) is 0 Å². The van der Waals surface area contributed by atoms with Crippen LogP contribution in [0, 0.1) is 0 Å². The number of carbonyl (C=O) groups excluding carboxylic acids is 1. The summed E-state index contributed by atoms with van der Waals surface area (Å²) in [4.78, 5) is 11.3. The lowest BCUT2D eigenvalue weighted by molar-refractivity contribution is 0.0600. The summed E-state index contributed by atoms with van der Waals surface area (Å²) in [5, 5.41) is 0. The zero-order valence-electron chi connectivity index (χ0n) is 13.3. The van der Waals surface area contributed by atoms with E-state index >= 15 is 0 Å². The quantitative estimate of drug-likeness (QED) is 0.552. The van der Waals surface area contributed by atoms with E-state index in [1.165, 1.54) is 7.11 Å². The van der Waals surface area contributed by atoms with Gasteiger partial charge in [0.15, 0.2) is 0 Å². The maximum Gasteiger partial charge on any atom is 0.337 e. The van der Waals surface area contributed by atoms with E-state index in [-0.39, 0.29) is 5.97 Å². The summed E-state index contributed by atoms with van der Waals surface area (Å²) >= 11 is 0. The van der Waals surface area contributed by atoms with Crippen molar-refractivity contribution >= 4 is 5.97 Å². The molecule has 0 heterocycles. The van der Waals surface area contributed by atoms with Crippen molar-refractivity contribution in [2.75, 3.05) is 26.9 Å². The second-order valence-electron chi connectivity index (χ2n) is 4.62. The van der Waals surface area contributed by atoms with Crippen molar-refractivity contribution in [1.29, 1.82) is 0 Å². The van der Waals surface area contributed by atoms with Gasteiger partial charge in [0, 0.05) is 0 Å². The maximum absolute atomic E-state index is 11.3.